The molecular formula is C18H23Br2N3OS. The maximum Gasteiger partial charge on any atom is 0.234 e. The number of unbranched alkanes of at least 4 members (excludes halogenated alkanes) is 1. The van der Waals surface area contributed by atoms with Crippen molar-refractivity contribution in [2.75, 3.05) is 11.1 Å². The number of rotatable bonds is 7. The molecule has 1 N–H and O–H groups in total. The SMILES string of the molecule is CCCCn1c(SCC(=O)Nc2c(Br)cc(C)cc2Br)nc(C)c1C. The number of carbonyl (C=O) groups is 1. The van der Waals surface area contributed by atoms with Crippen molar-refractivity contribution < 1.29 is 4.79 Å². The molecule has 0 radical (unpaired) electrons. The Morgan fingerprint density at radius 3 is 2.48 bits per heavy atom. The van der Waals surface area contributed by atoms with Gasteiger partial charge in [-0.25, -0.2) is 4.98 Å². The number of carbonyl (C=O) groups excluding carboxylic acids is 1. The molecule has 1 aromatic carbocycles. The third kappa shape index (κ3) is 5.34. The summed E-state index contributed by atoms with van der Waals surface area (Å²) < 4.78 is 3.96. The fourth-order valence-electron chi connectivity index (χ4n) is 2.44. The molecule has 0 fully saturated rings. The van der Waals surface area contributed by atoms with Crippen LogP contribution in [-0.4, -0.2) is 21.2 Å². The van der Waals surface area contributed by atoms with Crippen LogP contribution in [0.1, 0.15) is 36.7 Å². The van der Waals surface area contributed by atoms with Crippen molar-refractivity contribution in [1.82, 2.24) is 9.55 Å². The summed E-state index contributed by atoms with van der Waals surface area (Å²) in [6.45, 7) is 9.24. The number of thioether (sulfide) groups is 1. The van der Waals surface area contributed by atoms with E-state index in [4.69, 9.17) is 0 Å². The van der Waals surface area contributed by atoms with Crippen molar-refractivity contribution >= 4 is 55.2 Å². The van der Waals surface area contributed by atoms with E-state index in [1.807, 2.05) is 26.0 Å². The number of imidazole rings is 1. The zero-order chi connectivity index (χ0) is 18.6. The van der Waals surface area contributed by atoms with Gasteiger partial charge in [-0.15, -0.1) is 0 Å². The van der Waals surface area contributed by atoms with Crippen molar-refractivity contribution in [3.05, 3.63) is 38.0 Å². The van der Waals surface area contributed by atoms with Gasteiger partial charge in [-0.3, -0.25) is 4.79 Å². The van der Waals surface area contributed by atoms with Gasteiger partial charge in [0.2, 0.25) is 5.91 Å². The van der Waals surface area contributed by atoms with E-state index in [9.17, 15) is 4.79 Å². The van der Waals surface area contributed by atoms with Crippen molar-refractivity contribution in [1.29, 1.82) is 0 Å². The summed E-state index contributed by atoms with van der Waals surface area (Å²) in [6.07, 6.45) is 2.25. The molecule has 1 heterocycles. The van der Waals surface area contributed by atoms with Crippen LogP contribution in [0.25, 0.3) is 0 Å². The van der Waals surface area contributed by atoms with Gasteiger partial charge in [-0.05, 0) is 76.7 Å². The Morgan fingerprint density at radius 1 is 1.24 bits per heavy atom. The van der Waals surface area contributed by atoms with Crippen LogP contribution in [-0.2, 0) is 11.3 Å². The Kier molecular flexibility index (Phi) is 7.58. The van der Waals surface area contributed by atoms with Crippen LogP contribution >= 0.6 is 43.6 Å². The van der Waals surface area contributed by atoms with Crippen LogP contribution < -0.4 is 5.32 Å². The first kappa shape index (κ1) is 20.5. The molecule has 0 aliphatic carbocycles. The van der Waals surface area contributed by atoms with E-state index in [1.54, 1.807) is 0 Å². The first-order valence-electron chi connectivity index (χ1n) is 8.25. The van der Waals surface area contributed by atoms with Gasteiger partial charge in [-0.1, -0.05) is 25.1 Å². The molecular weight excluding hydrogens is 466 g/mol. The lowest BCUT2D eigenvalue weighted by atomic mass is 10.2. The molecule has 0 unspecified atom stereocenters. The summed E-state index contributed by atoms with van der Waals surface area (Å²) in [5.41, 5.74) is 4.09. The monoisotopic (exact) mass is 487 g/mol. The summed E-state index contributed by atoms with van der Waals surface area (Å²) >= 11 is 8.50. The molecule has 1 amide bonds. The Morgan fingerprint density at radius 2 is 1.88 bits per heavy atom. The highest BCUT2D eigenvalue weighted by Gasteiger charge is 2.15. The average Bonchev–Trinajstić information content (AvgIpc) is 2.81. The number of nitrogens with zero attached hydrogens (tertiary/aromatic N) is 2. The van der Waals surface area contributed by atoms with Gasteiger partial charge in [0.15, 0.2) is 5.16 Å². The van der Waals surface area contributed by atoms with Crippen LogP contribution in [0, 0.1) is 20.8 Å². The lowest BCUT2D eigenvalue weighted by molar-refractivity contribution is -0.113. The molecule has 0 saturated heterocycles. The highest BCUT2D eigenvalue weighted by Crippen LogP contribution is 2.32. The maximum absolute atomic E-state index is 12.4. The third-order valence-corrected chi connectivity index (χ3v) is 6.17. The summed E-state index contributed by atoms with van der Waals surface area (Å²) in [5.74, 6) is 0.282. The van der Waals surface area contributed by atoms with Crippen LogP contribution in [0.15, 0.2) is 26.2 Å². The van der Waals surface area contributed by atoms with E-state index in [1.165, 1.54) is 17.5 Å². The molecule has 0 aliphatic heterocycles. The number of amides is 1. The van der Waals surface area contributed by atoms with Crippen LogP contribution in [0.2, 0.25) is 0 Å². The Balaban J connectivity index is 2.05. The highest BCUT2D eigenvalue weighted by atomic mass is 79.9. The van der Waals surface area contributed by atoms with Crippen LogP contribution in [0.5, 0.6) is 0 Å². The molecule has 0 spiro atoms. The van der Waals surface area contributed by atoms with Gasteiger partial charge in [0.25, 0.3) is 0 Å². The standard InChI is InChI=1S/C18H23Br2N3OS/c1-5-6-7-23-13(4)12(3)21-18(23)25-10-16(24)22-17-14(19)8-11(2)9-15(17)20/h8-9H,5-7,10H2,1-4H3,(H,22,24). The van der Waals surface area contributed by atoms with Gasteiger partial charge in [-0.2, -0.15) is 0 Å². The fourth-order valence-corrected chi connectivity index (χ4v) is 4.97. The number of nitrogens with one attached hydrogen (secondary N) is 1. The summed E-state index contributed by atoms with van der Waals surface area (Å²) in [7, 11) is 0. The molecule has 0 bridgehead atoms. The molecule has 2 aromatic rings. The minimum Gasteiger partial charge on any atom is -0.323 e. The number of anilines is 1. The molecule has 7 heteroatoms. The summed E-state index contributed by atoms with van der Waals surface area (Å²) in [6, 6.07) is 3.97. The number of aryl methyl sites for hydroxylation is 2. The second-order valence-electron chi connectivity index (χ2n) is 6.01. The number of halogens is 2. The molecule has 0 aliphatic rings. The first-order chi connectivity index (χ1) is 11.8. The number of hydrogen-bond donors (Lipinski definition) is 1. The Labute approximate surface area is 170 Å². The van der Waals surface area contributed by atoms with Crippen LogP contribution in [0.3, 0.4) is 0 Å². The van der Waals surface area contributed by atoms with Gasteiger partial charge >= 0.3 is 0 Å². The van der Waals surface area contributed by atoms with E-state index in [0.29, 0.717) is 5.75 Å². The van der Waals surface area contributed by atoms with E-state index >= 15 is 0 Å². The molecule has 0 atom stereocenters. The topological polar surface area (TPSA) is 46.9 Å². The minimum absolute atomic E-state index is 0.0457. The van der Waals surface area contributed by atoms with Crippen molar-refractivity contribution in [2.45, 2.75) is 52.2 Å². The molecule has 1 aromatic heterocycles. The second kappa shape index (κ2) is 9.24. The van der Waals surface area contributed by atoms with E-state index < -0.39 is 0 Å². The van der Waals surface area contributed by atoms with Gasteiger partial charge in [0.1, 0.15) is 0 Å². The summed E-state index contributed by atoms with van der Waals surface area (Å²) in [4.78, 5) is 17.0. The van der Waals surface area contributed by atoms with Gasteiger partial charge < -0.3 is 9.88 Å². The maximum atomic E-state index is 12.4. The Hall–Kier alpha value is -0.790. The molecule has 0 saturated carbocycles. The van der Waals surface area contributed by atoms with Crippen molar-refractivity contribution in [3.63, 3.8) is 0 Å². The lowest BCUT2D eigenvalue weighted by Gasteiger charge is -2.11. The smallest absolute Gasteiger partial charge is 0.234 e. The Bertz CT molecular complexity index is 751. The van der Waals surface area contributed by atoms with Crippen molar-refractivity contribution in [2.24, 2.45) is 0 Å². The quantitative estimate of drug-likeness (QED) is 0.496. The number of hydrogen-bond acceptors (Lipinski definition) is 3. The third-order valence-electron chi connectivity index (χ3n) is 3.94. The predicted molar refractivity (Wildman–Crippen MR) is 113 cm³/mol. The van der Waals surface area contributed by atoms with Gasteiger partial charge in [0.05, 0.1) is 17.1 Å². The largest absolute Gasteiger partial charge is 0.323 e. The van der Waals surface area contributed by atoms with E-state index in [-0.39, 0.29) is 5.91 Å². The normalized spacial score (nSPS) is 11.0. The molecule has 2 rings (SSSR count). The number of aromatic nitrogens is 2. The highest BCUT2D eigenvalue weighted by molar-refractivity contribution is 9.11. The fraction of sp³-hybridized carbons (Fsp3) is 0.444. The lowest BCUT2D eigenvalue weighted by Crippen LogP contribution is -2.15. The first-order valence-corrected chi connectivity index (χ1v) is 10.8. The average molecular weight is 489 g/mol. The second-order valence-corrected chi connectivity index (χ2v) is 8.66. The van der Waals surface area contributed by atoms with Crippen molar-refractivity contribution in [3.8, 4) is 0 Å². The van der Waals surface area contributed by atoms with Crippen LogP contribution in [0.4, 0.5) is 5.69 Å². The minimum atomic E-state index is -0.0457. The van der Waals surface area contributed by atoms with Gasteiger partial charge in [0, 0.05) is 21.2 Å². The molecule has 25 heavy (non-hydrogen) atoms. The predicted octanol–water partition coefficient (Wildman–Crippen LogP) is 5.86. The zero-order valence-corrected chi connectivity index (χ0v) is 18.9. The van der Waals surface area contributed by atoms with E-state index in [2.05, 4.69) is 60.6 Å². The molecule has 4 nitrogen and oxygen atoms in total. The number of benzene rings is 1. The zero-order valence-electron chi connectivity index (χ0n) is 14.9. The van der Waals surface area contributed by atoms with E-state index in [0.717, 1.165) is 50.4 Å². The molecule has 136 valence electrons. The summed E-state index contributed by atoms with van der Waals surface area (Å²) in [5, 5.41) is 3.89.